The van der Waals surface area contributed by atoms with E-state index in [0.717, 1.165) is 11.1 Å². The second kappa shape index (κ2) is 4.27. The molecule has 0 radical (unpaired) electrons. The highest BCUT2D eigenvalue weighted by atomic mass is 32.1. The van der Waals surface area contributed by atoms with E-state index in [1.807, 2.05) is 29.6 Å². The number of benzene rings is 1. The van der Waals surface area contributed by atoms with Crippen molar-refractivity contribution in [2.24, 2.45) is 0 Å². The van der Waals surface area contributed by atoms with Gasteiger partial charge in [0.05, 0.1) is 5.51 Å². The average Bonchev–Trinajstić information content (AvgIpc) is 2.99. The number of carbonyl (C=O) groups is 1. The lowest BCUT2D eigenvalue weighted by Crippen LogP contribution is -2.11. The summed E-state index contributed by atoms with van der Waals surface area (Å²) in [5.41, 5.74) is 2.91. The summed E-state index contributed by atoms with van der Waals surface area (Å²) in [4.78, 5) is 15.8. The van der Waals surface area contributed by atoms with Crippen molar-refractivity contribution in [1.29, 1.82) is 0 Å². The van der Waals surface area contributed by atoms with Crippen LogP contribution >= 0.6 is 22.7 Å². The second-order valence-electron chi connectivity index (χ2n) is 3.50. The Hall–Kier alpha value is -1.72. The first-order valence-electron chi connectivity index (χ1n) is 5.00. The Bertz CT molecular complexity index is 658. The maximum atomic E-state index is 11.8. The van der Waals surface area contributed by atoms with Crippen LogP contribution in [0.25, 0.3) is 10.1 Å². The molecule has 0 bridgehead atoms. The van der Waals surface area contributed by atoms with Gasteiger partial charge in [-0.2, -0.15) is 0 Å². The summed E-state index contributed by atoms with van der Waals surface area (Å²) in [6.07, 6.45) is 0. The first-order valence-corrected chi connectivity index (χ1v) is 6.82. The van der Waals surface area contributed by atoms with Crippen LogP contribution in [0.2, 0.25) is 0 Å². The van der Waals surface area contributed by atoms with Crippen LogP contribution in [0.1, 0.15) is 10.5 Å². The number of thiazole rings is 1. The maximum Gasteiger partial charge on any atom is 0.275 e. The molecule has 0 saturated carbocycles. The highest BCUT2D eigenvalue weighted by Crippen LogP contribution is 2.24. The fourth-order valence-corrected chi connectivity index (χ4v) is 2.87. The molecule has 0 fully saturated rings. The standard InChI is InChI=1S/C12H8N2OS2/c15-12(10-6-16-7-13-10)14-9-1-2-11-8(5-9)3-4-17-11/h1-7H,(H,14,15). The molecule has 3 nitrogen and oxygen atoms in total. The van der Waals surface area contributed by atoms with Crippen molar-refractivity contribution < 1.29 is 4.79 Å². The lowest BCUT2D eigenvalue weighted by Gasteiger charge is -2.02. The van der Waals surface area contributed by atoms with E-state index in [9.17, 15) is 4.79 Å². The topological polar surface area (TPSA) is 42.0 Å². The Morgan fingerprint density at radius 1 is 1.29 bits per heavy atom. The van der Waals surface area contributed by atoms with Crippen molar-refractivity contribution in [2.75, 3.05) is 5.32 Å². The van der Waals surface area contributed by atoms with E-state index in [-0.39, 0.29) is 5.91 Å². The first kappa shape index (κ1) is 10.4. The van der Waals surface area contributed by atoms with Crippen molar-refractivity contribution >= 4 is 44.4 Å². The van der Waals surface area contributed by atoms with Gasteiger partial charge in [0.1, 0.15) is 5.69 Å². The van der Waals surface area contributed by atoms with Crippen LogP contribution in [0.4, 0.5) is 5.69 Å². The van der Waals surface area contributed by atoms with Gasteiger partial charge in [-0.3, -0.25) is 4.79 Å². The van der Waals surface area contributed by atoms with Crippen LogP contribution in [0.5, 0.6) is 0 Å². The van der Waals surface area contributed by atoms with Gasteiger partial charge in [-0.1, -0.05) is 0 Å². The summed E-state index contributed by atoms with van der Waals surface area (Å²) in [6.45, 7) is 0. The average molecular weight is 260 g/mol. The number of aromatic nitrogens is 1. The third-order valence-electron chi connectivity index (χ3n) is 2.38. The van der Waals surface area contributed by atoms with Crippen LogP contribution in [-0.4, -0.2) is 10.9 Å². The molecule has 1 aromatic carbocycles. The Morgan fingerprint density at radius 2 is 2.24 bits per heavy atom. The normalized spacial score (nSPS) is 10.6. The molecular formula is C12H8N2OS2. The van der Waals surface area contributed by atoms with Crippen LogP contribution in [0.3, 0.4) is 0 Å². The minimum Gasteiger partial charge on any atom is -0.321 e. The zero-order valence-corrected chi connectivity index (χ0v) is 10.3. The highest BCUT2D eigenvalue weighted by molar-refractivity contribution is 7.17. The minimum absolute atomic E-state index is 0.166. The van der Waals surface area contributed by atoms with Crippen LogP contribution < -0.4 is 5.32 Å². The zero-order chi connectivity index (χ0) is 11.7. The Kier molecular flexibility index (Phi) is 2.62. The van der Waals surface area contributed by atoms with Gasteiger partial charge in [-0.05, 0) is 35.0 Å². The maximum absolute atomic E-state index is 11.8. The largest absolute Gasteiger partial charge is 0.321 e. The Morgan fingerprint density at radius 3 is 3.06 bits per heavy atom. The summed E-state index contributed by atoms with van der Waals surface area (Å²) >= 11 is 3.10. The van der Waals surface area contributed by atoms with Crippen LogP contribution in [0.15, 0.2) is 40.5 Å². The van der Waals surface area contributed by atoms with Crippen LogP contribution in [0, 0.1) is 0 Å². The van der Waals surface area contributed by atoms with Crippen molar-refractivity contribution in [3.63, 3.8) is 0 Å². The number of anilines is 1. The zero-order valence-electron chi connectivity index (χ0n) is 8.71. The fraction of sp³-hybridized carbons (Fsp3) is 0. The van der Waals surface area contributed by atoms with Gasteiger partial charge in [-0.15, -0.1) is 22.7 Å². The number of fused-ring (bicyclic) bond motifs is 1. The fourth-order valence-electron chi connectivity index (χ4n) is 1.56. The first-order chi connectivity index (χ1) is 8.33. The van der Waals surface area contributed by atoms with Gasteiger partial charge in [0.25, 0.3) is 5.91 Å². The lowest BCUT2D eigenvalue weighted by atomic mass is 10.2. The van der Waals surface area contributed by atoms with Gasteiger partial charge in [-0.25, -0.2) is 4.98 Å². The van der Waals surface area contributed by atoms with Gasteiger partial charge in [0.2, 0.25) is 0 Å². The third-order valence-corrected chi connectivity index (χ3v) is 3.86. The quantitative estimate of drug-likeness (QED) is 0.764. The molecule has 1 amide bonds. The summed E-state index contributed by atoms with van der Waals surface area (Å²) in [6, 6.07) is 7.92. The molecule has 1 N–H and O–H groups in total. The molecular weight excluding hydrogens is 252 g/mol. The summed E-state index contributed by atoms with van der Waals surface area (Å²) in [5, 5.41) is 7.75. The molecule has 3 aromatic rings. The van der Waals surface area contributed by atoms with E-state index >= 15 is 0 Å². The number of amides is 1. The smallest absolute Gasteiger partial charge is 0.275 e. The van der Waals surface area contributed by atoms with E-state index in [1.54, 1.807) is 22.2 Å². The SMILES string of the molecule is O=C(Nc1ccc2sccc2c1)c1cscn1. The molecule has 0 unspecified atom stereocenters. The summed E-state index contributed by atoms with van der Waals surface area (Å²) in [5.74, 6) is -0.166. The molecule has 0 aliphatic rings. The number of nitrogens with one attached hydrogen (secondary N) is 1. The Balaban J connectivity index is 1.87. The van der Waals surface area contributed by atoms with E-state index in [2.05, 4.69) is 10.3 Å². The van der Waals surface area contributed by atoms with Crippen molar-refractivity contribution in [2.45, 2.75) is 0 Å². The number of carbonyl (C=O) groups excluding carboxylic acids is 1. The molecule has 84 valence electrons. The Labute approximate surface area is 106 Å². The van der Waals surface area contributed by atoms with Crippen molar-refractivity contribution in [3.05, 3.63) is 46.2 Å². The molecule has 3 rings (SSSR count). The number of hydrogen-bond donors (Lipinski definition) is 1. The number of thiophene rings is 1. The highest BCUT2D eigenvalue weighted by Gasteiger charge is 2.08. The predicted molar refractivity (Wildman–Crippen MR) is 71.9 cm³/mol. The molecule has 2 heterocycles. The molecule has 0 aliphatic carbocycles. The second-order valence-corrected chi connectivity index (χ2v) is 5.17. The van der Waals surface area contributed by atoms with Crippen molar-refractivity contribution in [3.8, 4) is 0 Å². The summed E-state index contributed by atoms with van der Waals surface area (Å²) < 4.78 is 1.22. The molecule has 0 aliphatic heterocycles. The molecule has 0 spiro atoms. The molecule has 0 saturated heterocycles. The van der Waals surface area contributed by atoms with Gasteiger partial charge >= 0.3 is 0 Å². The van der Waals surface area contributed by atoms with Gasteiger partial charge in [0.15, 0.2) is 0 Å². The molecule has 17 heavy (non-hydrogen) atoms. The van der Waals surface area contributed by atoms with E-state index in [4.69, 9.17) is 0 Å². The van der Waals surface area contributed by atoms with E-state index in [0.29, 0.717) is 5.69 Å². The lowest BCUT2D eigenvalue weighted by molar-refractivity contribution is 0.102. The van der Waals surface area contributed by atoms with E-state index in [1.165, 1.54) is 16.0 Å². The number of rotatable bonds is 2. The summed E-state index contributed by atoms with van der Waals surface area (Å²) in [7, 11) is 0. The minimum atomic E-state index is -0.166. The molecule has 5 heteroatoms. The molecule has 0 atom stereocenters. The number of nitrogens with zero attached hydrogens (tertiary/aromatic N) is 1. The van der Waals surface area contributed by atoms with Gasteiger partial charge in [0, 0.05) is 15.8 Å². The monoisotopic (exact) mass is 260 g/mol. The van der Waals surface area contributed by atoms with Crippen molar-refractivity contribution in [1.82, 2.24) is 4.98 Å². The third kappa shape index (κ3) is 2.07. The predicted octanol–water partition coefficient (Wildman–Crippen LogP) is 3.61. The number of hydrogen-bond acceptors (Lipinski definition) is 4. The van der Waals surface area contributed by atoms with Gasteiger partial charge < -0.3 is 5.32 Å². The molecule has 2 aromatic heterocycles. The van der Waals surface area contributed by atoms with E-state index < -0.39 is 0 Å². The van der Waals surface area contributed by atoms with Crippen LogP contribution in [-0.2, 0) is 0 Å².